The number of carbonyl (C=O) groups is 1. The van der Waals surface area contributed by atoms with Gasteiger partial charge in [0.1, 0.15) is 0 Å². The molecule has 0 saturated carbocycles. The zero-order valence-corrected chi connectivity index (χ0v) is 10.8. The van der Waals surface area contributed by atoms with Gasteiger partial charge in [-0.05, 0) is 18.2 Å². The van der Waals surface area contributed by atoms with Crippen molar-refractivity contribution < 1.29 is 9.90 Å². The summed E-state index contributed by atoms with van der Waals surface area (Å²) in [6, 6.07) is 4.64. The maximum atomic E-state index is 12.2. The Hall–Kier alpha value is -2.08. The summed E-state index contributed by atoms with van der Waals surface area (Å²) < 4.78 is 2.21. The normalized spacial score (nSPS) is 10.8. The van der Waals surface area contributed by atoms with E-state index >= 15 is 0 Å². The Bertz CT molecular complexity index is 776. The average molecular weight is 283 g/mol. The lowest BCUT2D eigenvalue weighted by Gasteiger charge is -2.09. The Morgan fingerprint density at radius 1 is 1.37 bits per heavy atom. The summed E-state index contributed by atoms with van der Waals surface area (Å²) in [5.74, 6) is -1.07. The monoisotopic (exact) mass is 282 g/mol. The molecular weight excluding hydrogens is 272 g/mol. The summed E-state index contributed by atoms with van der Waals surface area (Å²) in [6.45, 7) is -0.163. The summed E-state index contributed by atoms with van der Waals surface area (Å²) >= 11 is 5.83. The number of aliphatic carboxylic acids is 1. The number of halogens is 1. The molecule has 100 valence electrons. The number of carboxylic acid groups (broad SMARTS) is 1. The molecule has 0 aliphatic rings. The molecule has 0 aliphatic heterocycles. The van der Waals surface area contributed by atoms with E-state index in [4.69, 9.17) is 16.7 Å². The van der Waals surface area contributed by atoms with Crippen LogP contribution in [0.1, 0.15) is 6.42 Å². The van der Waals surface area contributed by atoms with Crippen LogP contribution in [0.3, 0.4) is 0 Å². The smallest absolute Gasteiger partial charge is 0.331 e. The van der Waals surface area contributed by atoms with Crippen LogP contribution < -0.4 is 11.2 Å². The Morgan fingerprint density at radius 3 is 2.68 bits per heavy atom. The van der Waals surface area contributed by atoms with Crippen LogP contribution in [-0.2, 0) is 18.4 Å². The van der Waals surface area contributed by atoms with Gasteiger partial charge in [-0.2, -0.15) is 0 Å². The molecule has 0 amide bonds. The highest BCUT2D eigenvalue weighted by Crippen LogP contribution is 2.14. The molecule has 0 fully saturated rings. The lowest BCUT2D eigenvalue weighted by atomic mass is 10.2. The first-order valence-corrected chi connectivity index (χ1v) is 5.90. The summed E-state index contributed by atoms with van der Waals surface area (Å²) in [7, 11) is 1.52. The van der Waals surface area contributed by atoms with Crippen molar-refractivity contribution in [2.24, 2.45) is 7.05 Å². The van der Waals surface area contributed by atoms with Crippen molar-refractivity contribution in [3.63, 3.8) is 0 Å². The van der Waals surface area contributed by atoms with Gasteiger partial charge in [-0.15, -0.1) is 0 Å². The first kappa shape index (κ1) is 13.4. The van der Waals surface area contributed by atoms with Gasteiger partial charge in [0.15, 0.2) is 0 Å². The van der Waals surface area contributed by atoms with Crippen molar-refractivity contribution in [2.75, 3.05) is 0 Å². The van der Waals surface area contributed by atoms with E-state index in [1.54, 1.807) is 12.1 Å². The number of nitrogens with zero attached hydrogens (tertiary/aromatic N) is 2. The zero-order valence-electron chi connectivity index (χ0n) is 10.1. The topological polar surface area (TPSA) is 81.3 Å². The number of hydrogen-bond acceptors (Lipinski definition) is 3. The van der Waals surface area contributed by atoms with E-state index in [2.05, 4.69) is 0 Å². The van der Waals surface area contributed by atoms with Gasteiger partial charge in [-0.3, -0.25) is 18.7 Å². The molecule has 0 radical (unpaired) electrons. The van der Waals surface area contributed by atoms with Crippen molar-refractivity contribution >= 4 is 28.5 Å². The molecule has 6 nitrogen and oxygen atoms in total. The average Bonchev–Trinajstić information content (AvgIpc) is 2.35. The van der Waals surface area contributed by atoms with E-state index in [9.17, 15) is 14.4 Å². The highest BCUT2D eigenvalue weighted by atomic mass is 35.5. The highest BCUT2D eigenvalue weighted by Gasteiger charge is 2.12. The lowest BCUT2D eigenvalue weighted by Crippen LogP contribution is -2.39. The van der Waals surface area contributed by atoms with Crippen LogP contribution in [-0.4, -0.2) is 20.2 Å². The SMILES string of the molecule is Cn1c(=O)n(CCC(=O)O)c(=O)c2cc(Cl)ccc21. The Balaban J connectivity index is 2.75. The van der Waals surface area contributed by atoms with Crippen LogP contribution >= 0.6 is 11.6 Å². The van der Waals surface area contributed by atoms with Gasteiger partial charge in [0.2, 0.25) is 0 Å². The molecule has 2 rings (SSSR count). The number of aromatic nitrogens is 2. The van der Waals surface area contributed by atoms with Gasteiger partial charge in [0.25, 0.3) is 5.56 Å². The van der Waals surface area contributed by atoms with Crippen molar-refractivity contribution in [3.05, 3.63) is 44.1 Å². The number of hydrogen-bond donors (Lipinski definition) is 1. The van der Waals surface area contributed by atoms with E-state index in [0.717, 1.165) is 4.57 Å². The third-order valence-electron chi connectivity index (χ3n) is 2.86. The third-order valence-corrected chi connectivity index (χ3v) is 3.10. The first-order chi connectivity index (χ1) is 8.91. The van der Waals surface area contributed by atoms with E-state index in [-0.39, 0.29) is 13.0 Å². The van der Waals surface area contributed by atoms with Crippen molar-refractivity contribution in [1.29, 1.82) is 0 Å². The maximum absolute atomic E-state index is 12.2. The van der Waals surface area contributed by atoms with Crippen LogP contribution in [0.15, 0.2) is 27.8 Å². The van der Waals surface area contributed by atoms with Gasteiger partial charge >= 0.3 is 11.7 Å². The van der Waals surface area contributed by atoms with Crippen LogP contribution in [0.5, 0.6) is 0 Å². The van der Waals surface area contributed by atoms with Crippen molar-refractivity contribution in [3.8, 4) is 0 Å². The van der Waals surface area contributed by atoms with Gasteiger partial charge in [0, 0.05) is 18.6 Å². The first-order valence-electron chi connectivity index (χ1n) is 5.52. The van der Waals surface area contributed by atoms with Crippen LogP contribution in [0.4, 0.5) is 0 Å². The van der Waals surface area contributed by atoms with Crippen molar-refractivity contribution in [1.82, 2.24) is 9.13 Å². The zero-order chi connectivity index (χ0) is 14.2. The van der Waals surface area contributed by atoms with E-state index < -0.39 is 17.2 Å². The largest absolute Gasteiger partial charge is 0.481 e. The van der Waals surface area contributed by atoms with Crippen LogP contribution in [0.25, 0.3) is 10.9 Å². The predicted molar refractivity (Wildman–Crippen MR) is 70.7 cm³/mol. The second-order valence-corrected chi connectivity index (χ2v) is 4.54. The molecule has 1 heterocycles. The predicted octanol–water partition coefficient (Wildman–Crippen LogP) is 0.828. The summed E-state index contributed by atoms with van der Waals surface area (Å²) in [5, 5.41) is 9.31. The fourth-order valence-corrected chi connectivity index (χ4v) is 2.07. The summed E-state index contributed by atoms with van der Waals surface area (Å²) in [4.78, 5) is 34.7. The molecule has 2 aromatic rings. The molecule has 0 spiro atoms. The minimum atomic E-state index is -1.07. The standard InChI is InChI=1S/C12H11ClN2O4/c1-14-9-3-2-7(13)6-8(9)11(18)15(12(14)19)5-4-10(16)17/h2-3,6H,4-5H2,1H3,(H,16,17). The third kappa shape index (κ3) is 2.39. The molecule has 0 aliphatic carbocycles. The summed E-state index contributed by atoms with van der Waals surface area (Å²) in [5.41, 5.74) is -0.603. The highest BCUT2D eigenvalue weighted by molar-refractivity contribution is 6.31. The van der Waals surface area contributed by atoms with E-state index in [0.29, 0.717) is 15.9 Å². The molecule has 0 atom stereocenters. The Labute approximate surface area is 112 Å². The van der Waals surface area contributed by atoms with Crippen LogP contribution in [0, 0.1) is 0 Å². The van der Waals surface area contributed by atoms with Gasteiger partial charge in [-0.1, -0.05) is 11.6 Å². The van der Waals surface area contributed by atoms with Gasteiger partial charge < -0.3 is 5.11 Å². The Morgan fingerprint density at radius 2 is 2.05 bits per heavy atom. The molecule has 0 bridgehead atoms. The quantitative estimate of drug-likeness (QED) is 0.904. The minimum absolute atomic E-state index is 0.163. The fraction of sp³-hybridized carbons (Fsp3) is 0.250. The lowest BCUT2D eigenvalue weighted by molar-refractivity contribution is -0.137. The molecule has 0 unspecified atom stereocenters. The second kappa shape index (κ2) is 4.89. The number of rotatable bonds is 3. The van der Waals surface area contributed by atoms with Crippen molar-refractivity contribution in [2.45, 2.75) is 13.0 Å². The number of carboxylic acids is 1. The molecular formula is C12H11ClN2O4. The molecule has 1 aromatic heterocycles. The molecule has 1 aromatic carbocycles. The molecule has 7 heteroatoms. The van der Waals surface area contributed by atoms with Crippen LogP contribution in [0.2, 0.25) is 5.02 Å². The van der Waals surface area contributed by atoms with E-state index in [1.165, 1.54) is 17.7 Å². The number of aryl methyl sites for hydroxylation is 1. The maximum Gasteiger partial charge on any atom is 0.331 e. The molecule has 0 saturated heterocycles. The fourth-order valence-electron chi connectivity index (χ4n) is 1.89. The number of benzene rings is 1. The molecule has 19 heavy (non-hydrogen) atoms. The number of fused-ring (bicyclic) bond motifs is 1. The van der Waals surface area contributed by atoms with Gasteiger partial charge in [0.05, 0.1) is 17.3 Å². The second-order valence-electron chi connectivity index (χ2n) is 4.10. The minimum Gasteiger partial charge on any atom is -0.481 e. The van der Waals surface area contributed by atoms with E-state index in [1.807, 2.05) is 0 Å². The Kier molecular flexibility index (Phi) is 3.44. The summed E-state index contributed by atoms with van der Waals surface area (Å²) in [6.07, 6.45) is -0.290. The van der Waals surface area contributed by atoms with Gasteiger partial charge in [-0.25, -0.2) is 4.79 Å². The molecule has 1 N–H and O–H groups in total.